The highest BCUT2D eigenvalue weighted by Gasteiger charge is 2.23. The van der Waals surface area contributed by atoms with Crippen molar-refractivity contribution in [3.8, 4) is 0 Å². The molecule has 2 rings (SSSR count). The van der Waals surface area contributed by atoms with Crippen LogP contribution in [-0.2, 0) is 6.42 Å². The van der Waals surface area contributed by atoms with Crippen molar-refractivity contribution in [3.63, 3.8) is 0 Å². The summed E-state index contributed by atoms with van der Waals surface area (Å²) in [7, 11) is 0. The first kappa shape index (κ1) is 11.5. The third-order valence-corrected chi connectivity index (χ3v) is 4.58. The van der Waals surface area contributed by atoms with E-state index in [4.69, 9.17) is 0 Å². The van der Waals surface area contributed by atoms with Gasteiger partial charge in [-0.3, -0.25) is 0 Å². The second-order valence-electron chi connectivity index (χ2n) is 4.02. The van der Waals surface area contributed by atoms with Gasteiger partial charge < -0.3 is 5.11 Å². The number of aliphatic hydroxyl groups is 1. The molecule has 1 saturated heterocycles. The normalized spacial score (nSPS) is 22.9. The van der Waals surface area contributed by atoms with Crippen LogP contribution in [0.4, 0.5) is 0 Å². The summed E-state index contributed by atoms with van der Waals surface area (Å²) < 4.78 is 1.09. The Morgan fingerprint density at radius 2 is 2.13 bits per heavy atom. The molecule has 0 saturated carbocycles. The molecule has 1 aromatic rings. The SMILES string of the molecule is OC(Cc1ccc(Br)cc1)C1CCSC1. The maximum atomic E-state index is 10.0. The van der Waals surface area contributed by atoms with E-state index in [9.17, 15) is 5.11 Å². The van der Waals surface area contributed by atoms with Gasteiger partial charge in [0.15, 0.2) is 0 Å². The van der Waals surface area contributed by atoms with Crippen LogP contribution in [0.25, 0.3) is 0 Å². The number of thioether (sulfide) groups is 1. The van der Waals surface area contributed by atoms with Crippen LogP contribution < -0.4 is 0 Å². The van der Waals surface area contributed by atoms with Crippen LogP contribution in [-0.4, -0.2) is 22.7 Å². The van der Waals surface area contributed by atoms with E-state index < -0.39 is 0 Å². The van der Waals surface area contributed by atoms with Crippen LogP contribution >= 0.6 is 27.7 Å². The van der Waals surface area contributed by atoms with Crippen molar-refractivity contribution >= 4 is 27.7 Å². The molecule has 1 aromatic carbocycles. The molecule has 2 unspecified atom stereocenters. The Bertz CT molecular complexity index is 306. The van der Waals surface area contributed by atoms with Crippen molar-refractivity contribution in [3.05, 3.63) is 34.3 Å². The van der Waals surface area contributed by atoms with Crippen molar-refractivity contribution in [1.29, 1.82) is 0 Å². The zero-order valence-electron chi connectivity index (χ0n) is 8.53. The molecule has 1 N–H and O–H groups in total. The molecule has 0 radical (unpaired) electrons. The summed E-state index contributed by atoms with van der Waals surface area (Å²) in [6.07, 6.45) is 1.79. The van der Waals surface area contributed by atoms with Gasteiger partial charge in [-0.2, -0.15) is 11.8 Å². The summed E-state index contributed by atoms with van der Waals surface area (Å²) in [6.45, 7) is 0. The molecular formula is C12H15BrOS. The van der Waals surface area contributed by atoms with E-state index in [2.05, 4.69) is 28.1 Å². The number of aliphatic hydroxyl groups excluding tert-OH is 1. The van der Waals surface area contributed by atoms with Gasteiger partial charge in [-0.25, -0.2) is 0 Å². The Kier molecular flexibility index (Phi) is 4.12. The number of halogens is 1. The molecule has 0 spiro atoms. The predicted molar refractivity (Wildman–Crippen MR) is 69.3 cm³/mol. The minimum absolute atomic E-state index is 0.166. The lowest BCUT2D eigenvalue weighted by molar-refractivity contribution is 0.120. The van der Waals surface area contributed by atoms with Crippen LogP contribution in [0.2, 0.25) is 0 Å². The number of rotatable bonds is 3. The van der Waals surface area contributed by atoms with Gasteiger partial charge in [-0.05, 0) is 48.0 Å². The van der Waals surface area contributed by atoms with E-state index in [1.807, 2.05) is 23.9 Å². The molecule has 15 heavy (non-hydrogen) atoms. The summed E-state index contributed by atoms with van der Waals surface area (Å²) in [5.74, 6) is 2.83. The van der Waals surface area contributed by atoms with Crippen molar-refractivity contribution in [2.45, 2.75) is 18.9 Å². The first-order valence-electron chi connectivity index (χ1n) is 5.26. The van der Waals surface area contributed by atoms with E-state index in [1.165, 1.54) is 17.7 Å². The van der Waals surface area contributed by atoms with E-state index in [0.717, 1.165) is 16.6 Å². The maximum Gasteiger partial charge on any atom is 0.0616 e. The molecule has 0 aliphatic carbocycles. The Hall–Kier alpha value is 0.01000. The fourth-order valence-electron chi connectivity index (χ4n) is 1.88. The molecule has 0 amide bonds. The van der Waals surface area contributed by atoms with E-state index >= 15 is 0 Å². The predicted octanol–water partition coefficient (Wildman–Crippen LogP) is 3.11. The van der Waals surface area contributed by atoms with Gasteiger partial charge in [-0.1, -0.05) is 28.1 Å². The molecule has 2 atom stereocenters. The Morgan fingerprint density at radius 1 is 1.40 bits per heavy atom. The van der Waals surface area contributed by atoms with E-state index in [-0.39, 0.29) is 6.10 Å². The highest BCUT2D eigenvalue weighted by atomic mass is 79.9. The average Bonchev–Trinajstić information content (AvgIpc) is 2.74. The first-order valence-corrected chi connectivity index (χ1v) is 7.21. The van der Waals surface area contributed by atoms with Crippen molar-refractivity contribution in [2.75, 3.05) is 11.5 Å². The second-order valence-corrected chi connectivity index (χ2v) is 6.09. The van der Waals surface area contributed by atoms with Gasteiger partial charge in [0, 0.05) is 4.47 Å². The largest absolute Gasteiger partial charge is 0.392 e. The van der Waals surface area contributed by atoms with Crippen LogP contribution in [0.5, 0.6) is 0 Å². The monoisotopic (exact) mass is 286 g/mol. The highest BCUT2D eigenvalue weighted by Crippen LogP contribution is 2.27. The van der Waals surface area contributed by atoms with Crippen LogP contribution in [0.1, 0.15) is 12.0 Å². The van der Waals surface area contributed by atoms with Crippen molar-refractivity contribution in [1.82, 2.24) is 0 Å². The topological polar surface area (TPSA) is 20.2 Å². The Labute approximate surface area is 103 Å². The average molecular weight is 287 g/mol. The third kappa shape index (κ3) is 3.23. The summed E-state index contributed by atoms with van der Waals surface area (Å²) in [6, 6.07) is 8.22. The fourth-order valence-corrected chi connectivity index (χ4v) is 3.48. The lowest BCUT2D eigenvalue weighted by atomic mass is 9.96. The molecule has 1 heterocycles. The molecule has 1 aliphatic rings. The quantitative estimate of drug-likeness (QED) is 0.922. The summed E-state index contributed by atoms with van der Waals surface area (Å²) in [5.41, 5.74) is 1.22. The molecule has 82 valence electrons. The summed E-state index contributed by atoms with van der Waals surface area (Å²) >= 11 is 5.37. The van der Waals surface area contributed by atoms with Gasteiger partial charge >= 0.3 is 0 Å². The summed E-state index contributed by atoms with van der Waals surface area (Å²) in [4.78, 5) is 0. The number of hydrogen-bond acceptors (Lipinski definition) is 2. The Balaban J connectivity index is 1.92. The lowest BCUT2D eigenvalue weighted by Gasteiger charge is -2.16. The molecule has 3 heteroatoms. The summed E-state index contributed by atoms with van der Waals surface area (Å²) in [5, 5.41) is 10.0. The molecule has 1 nitrogen and oxygen atoms in total. The molecule has 1 aliphatic heterocycles. The molecular weight excluding hydrogens is 272 g/mol. The second kappa shape index (κ2) is 5.37. The Morgan fingerprint density at radius 3 is 2.73 bits per heavy atom. The van der Waals surface area contributed by atoms with Gasteiger partial charge in [0.05, 0.1) is 6.10 Å². The lowest BCUT2D eigenvalue weighted by Crippen LogP contribution is -2.22. The van der Waals surface area contributed by atoms with Crippen molar-refractivity contribution < 1.29 is 5.11 Å². The number of hydrogen-bond donors (Lipinski definition) is 1. The molecule has 1 fully saturated rings. The standard InChI is InChI=1S/C12H15BrOS/c13-11-3-1-9(2-4-11)7-12(14)10-5-6-15-8-10/h1-4,10,12,14H,5-8H2. The maximum absolute atomic E-state index is 10.0. The zero-order valence-corrected chi connectivity index (χ0v) is 10.9. The van der Waals surface area contributed by atoms with Crippen LogP contribution in [0, 0.1) is 5.92 Å². The van der Waals surface area contributed by atoms with Crippen LogP contribution in [0.15, 0.2) is 28.7 Å². The molecule has 0 aromatic heterocycles. The van der Waals surface area contributed by atoms with Gasteiger partial charge in [0.2, 0.25) is 0 Å². The molecule has 0 bridgehead atoms. The van der Waals surface area contributed by atoms with Gasteiger partial charge in [0.1, 0.15) is 0 Å². The van der Waals surface area contributed by atoms with E-state index in [0.29, 0.717) is 5.92 Å². The minimum Gasteiger partial charge on any atom is -0.392 e. The smallest absolute Gasteiger partial charge is 0.0616 e. The highest BCUT2D eigenvalue weighted by molar-refractivity contribution is 9.10. The van der Waals surface area contributed by atoms with Gasteiger partial charge in [-0.15, -0.1) is 0 Å². The first-order chi connectivity index (χ1) is 7.25. The van der Waals surface area contributed by atoms with Crippen molar-refractivity contribution in [2.24, 2.45) is 5.92 Å². The number of benzene rings is 1. The fraction of sp³-hybridized carbons (Fsp3) is 0.500. The third-order valence-electron chi connectivity index (χ3n) is 2.87. The minimum atomic E-state index is -0.166. The van der Waals surface area contributed by atoms with Crippen LogP contribution in [0.3, 0.4) is 0 Å². The van der Waals surface area contributed by atoms with Gasteiger partial charge in [0.25, 0.3) is 0 Å². The van der Waals surface area contributed by atoms with E-state index in [1.54, 1.807) is 0 Å². The zero-order chi connectivity index (χ0) is 10.7.